The van der Waals surface area contributed by atoms with Crippen molar-refractivity contribution in [2.24, 2.45) is 56.7 Å². The van der Waals surface area contributed by atoms with Crippen molar-refractivity contribution in [2.75, 3.05) is 7.11 Å². The molecule has 7 heteroatoms. The first-order valence-electron chi connectivity index (χ1n) is 22.1. The van der Waals surface area contributed by atoms with E-state index >= 15 is 0 Å². The summed E-state index contributed by atoms with van der Waals surface area (Å²) in [7, 11) is 1.38. The van der Waals surface area contributed by atoms with E-state index in [4.69, 9.17) is 4.74 Å². The zero-order chi connectivity index (χ0) is 40.8. The van der Waals surface area contributed by atoms with Gasteiger partial charge in [-0.1, -0.05) is 71.0 Å². The van der Waals surface area contributed by atoms with E-state index in [9.17, 15) is 19.5 Å². The molecule has 2 aromatic rings. The highest BCUT2D eigenvalue weighted by atomic mass is 16.5. The molecule has 0 aromatic heterocycles. The van der Waals surface area contributed by atoms with Crippen LogP contribution in [0.1, 0.15) is 150 Å². The van der Waals surface area contributed by atoms with Gasteiger partial charge in [0.2, 0.25) is 5.91 Å². The number of nitrogens with one attached hydrogen (secondary N) is 2. The molecule has 2 aromatic carbocycles. The number of hydrogen-bond donors (Lipinski definition) is 3. The van der Waals surface area contributed by atoms with Gasteiger partial charge in [0.25, 0.3) is 5.91 Å². The number of aliphatic hydroxyl groups excluding tert-OH is 1. The largest absolute Gasteiger partial charge is 0.465 e. The van der Waals surface area contributed by atoms with E-state index in [1.54, 1.807) is 6.07 Å². The minimum atomic E-state index is -0.409. The molecule has 6 saturated carbocycles. The monoisotopic (exact) mass is 777 g/mol. The fraction of sp³-hybridized carbons (Fsp3) is 0.660. The molecule has 6 aliphatic rings. The maximum absolute atomic E-state index is 14.8. The lowest BCUT2D eigenvalue weighted by Gasteiger charge is -2.72. The molecular formula is C50H68N2O5. The van der Waals surface area contributed by atoms with Gasteiger partial charge in [-0.2, -0.15) is 0 Å². The van der Waals surface area contributed by atoms with Crippen LogP contribution in [0.4, 0.5) is 0 Å². The second-order valence-corrected chi connectivity index (χ2v) is 21.2. The summed E-state index contributed by atoms with van der Waals surface area (Å²) in [5.74, 6) is 1.96. The average molecular weight is 777 g/mol. The first-order chi connectivity index (χ1) is 26.9. The summed E-state index contributed by atoms with van der Waals surface area (Å²) in [6.07, 6.45) is 12.9. The summed E-state index contributed by atoms with van der Waals surface area (Å²) in [6.45, 7) is 19.6. The third-order valence-electron chi connectivity index (χ3n) is 18.3. The maximum atomic E-state index is 14.8. The van der Waals surface area contributed by atoms with Gasteiger partial charge in [0, 0.05) is 17.6 Å². The molecule has 6 aliphatic carbocycles. The molecule has 3 N–H and O–H groups in total. The third-order valence-corrected chi connectivity index (χ3v) is 18.3. The van der Waals surface area contributed by atoms with Gasteiger partial charge in [0.05, 0.1) is 24.2 Å². The molecule has 7 nitrogen and oxygen atoms in total. The summed E-state index contributed by atoms with van der Waals surface area (Å²) < 4.78 is 4.90. The van der Waals surface area contributed by atoms with Crippen LogP contribution in [0.2, 0.25) is 0 Å². The first kappa shape index (κ1) is 40.3. The van der Waals surface area contributed by atoms with Gasteiger partial charge in [0.1, 0.15) is 0 Å². The molecular weight excluding hydrogens is 709 g/mol. The molecule has 0 bridgehead atoms. The van der Waals surface area contributed by atoms with Crippen molar-refractivity contribution in [3.05, 3.63) is 82.9 Å². The lowest BCUT2D eigenvalue weighted by molar-refractivity contribution is -0.246. The number of methoxy groups -OCH3 is 1. The number of rotatable bonds is 9. The van der Waals surface area contributed by atoms with E-state index in [2.05, 4.69) is 58.8 Å². The number of allylic oxidation sites excluding steroid dienone is 1. The Kier molecular flexibility index (Phi) is 9.97. The summed E-state index contributed by atoms with van der Waals surface area (Å²) in [4.78, 5) is 40.6. The Labute approximate surface area is 341 Å². The van der Waals surface area contributed by atoms with E-state index in [1.807, 2.05) is 42.5 Å². The molecule has 57 heavy (non-hydrogen) atoms. The molecule has 8 rings (SSSR count). The highest BCUT2D eigenvalue weighted by Crippen LogP contribution is 2.77. The van der Waals surface area contributed by atoms with Crippen molar-refractivity contribution in [1.29, 1.82) is 0 Å². The second kappa shape index (κ2) is 14.1. The highest BCUT2D eigenvalue weighted by molar-refractivity contribution is 5.95. The van der Waals surface area contributed by atoms with Crippen molar-refractivity contribution < 1.29 is 24.2 Å². The van der Waals surface area contributed by atoms with Crippen LogP contribution < -0.4 is 10.6 Å². The summed E-state index contributed by atoms with van der Waals surface area (Å²) >= 11 is 0. The summed E-state index contributed by atoms with van der Waals surface area (Å²) in [5.41, 5.74) is 4.00. The molecule has 2 amide bonds. The van der Waals surface area contributed by atoms with Gasteiger partial charge in [-0.3, -0.25) is 9.59 Å². The molecule has 6 fully saturated rings. The predicted octanol–water partition coefficient (Wildman–Crippen LogP) is 9.61. The number of carbonyl (C=O) groups excluding carboxylic acids is 3. The maximum Gasteiger partial charge on any atom is 0.337 e. The Morgan fingerprint density at radius 3 is 2.19 bits per heavy atom. The van der Waals surface area contributed by atoms with E-state index in [0.29, 0.717) is 47.8 Å². The van der Waals surface area contributed by atoms with E-state index < -0.39 is 5.41 Å². The lowest BCUT2D eigenvalue weighted by Crippen LogP contribution is -2.67. The zero-order valence-electron chi connectivity index (χ0n) is 35.8. The van der Waals surface area contributed by atoms with E-state index in [-0.39, 0.29) is 57.0 Å². The van der Waals surface area contributed by atoms with E-state index in [1.165, 1.54) is 38.4 Å². The summed E-state index contributed by atoms with van der Waals surface area (Å²) in [6, 6.07) is 15.1. The normalized spacial score (nSPS) is 38.3. The standard InChI is InChI=1S/C50H68N2O5/c1-31(2)36-17-22-50(26-23-47(6)37(41(36)50)15-16-39-46(5)20-19-40(53)45(3,4)38(46)18-21-48(39,47)7)44(56)51-30-33-12-10-13-34(28-33)42(54)52-49(24-25-49)29-32-11-9-14-35(27-32)43(55)57-8/h9-14,27-28,36-41,53H,1,15-26,29-30H2,2-8H3,(H,51,56)(H,52,54)/t36-,37?,38?,39?,40-,41?,46-,47+,48+,50-/m0/s1. The first-order valence-corrected chi connectivity index (χ1v) is 22.1. The number of amides is 2. The average Bonchev–Trinajstić information content (AvgIpc) is 3.80. The molecule has 0 aliphatic heterocycles. The zero-order valence-corrected chi connectivity index (χ0v) is 35.8. The topological polar surface area (TPSA) is 105 Å². The van der Waals surface area contributed by atoms with Crippen molar-refractivity contribution in [3.63, 3.8) is 0 Å². The van der Waals surface area contributed by atoms with Crippen LogP contribution in [0.15, 0.2) is 60.7 Å². The Morgan fingerprint density at radius 2 is 1.49 bits per heavy atom. The summed E-state index contributed by atoms with van der Waals surface area (Å²) in [5, 5.41) is 17.9. The Morgan fingerprint density at radius 1 is 0.789 bits per heavy atom. The van der Waals surface area contributed by atoms with Crippen molar-refractivity contribution in [2.45, 2.75) is 143 Å². The highest BCUT2D eigenvalue weighted by Gasteiger charge is 2.71. The van der Waals surface area contributed by atoms with Gasteiger partial charge in [-0.05, 0) is 177 Å². The minimum absolute atomic E-state index is 0.0633. The van der Waals surface area contributed by atoms with Crippen LogP contribution in [-0.4, -0.2) is 41.6 Å². The van der Waals surface area contributed by atoms with E-state index in [0.717, 1.165) is 62.5 Å². The number of fused-ring (bicyclic) bond motifs is 7. The van der Waals surface area contributed by atoms with Crippen LogP contribution in [-0.2, 0) is 22.5 Å². The molecule has 0 spiro atoms. The fourth-order valence-corrected chi connectivity index (χ4v) is 14.8. The van der Waals surface area contributed by atoms with Crippen molar-refractivity contribution in [3.8, 4) is 0 Å². The van der Waals surface area contributed by atoms with Crippen LogP contribution in [0.3, 0.4) is 0 Å². The number of hydrogen-bond acceptors (Lipinski definition) is 5. The van der Waals surface area contributed by atoms with Gasteiger partial charge in [-0.15, -0.1) is 0 Å². The number of aliphatic hydroxyl groups is 1. The Balaban J connectivity index is 0.976. The van der Waals surface area contributed by atoms with Crippen LogP contribution in [0, 0.1) is 56.7 Å². The third kappa shape index (κ3) is 6.34. The molecule has 10 atom stereocenters. The molecule has 0 saturated heterocycles. The number of carbonyl (C=O) groups is 3. The predicted molar refractivity (Wildman–Crippen MR) is 224 cm³/mol. The second-order valence-electron chi connectivity index (χ2n) is 21.2. The quantitative estimate of drug-likeness (QED) is 0.174. The Hall–Kier alpha value is -3.45. The number of ether oxygens (including phenoxy) is 1. The van der Waals surface area contributed by atoms with Crippen molar-refractivity contribution >= 4 is 17.8 Å². The van der Waals surface area contributed by atoms with Gasteiger partial charge < -0.3 is 20.5 Å². The lowest BCUT2D eigenvalue weighted by atomic mass is 9.32. The minimum Gasteiger partial charge on any atom is -0.465 e. The fourth-order valence-electron chi connectivity index (χ4n) is 14.8. The van der Waals surface area contributed by atoms with Crippen molar-refractivity contribution in [1.82, 2.24) is 10.6 Å². The van der Waals surface area contributed by atoms with Crippen LogP contribution in [0.25, 0.3) is 0 Å². The molecule has 0 radical (unpaired) electrons. The van der Waals surface area contributed by atoms with Crippen LogP contribution >= 0.6 is 0 Å². The van der Waals surface area contributed by atoms with Gasteiger partial charge in [0.15, 0.2) is 0 Å². The smallest absolute Gasteiger partial charge is 0.337 e. The number of esters is 1. The molecule has 0 heterocycles. The van der Waals surface area contributed by atoms with Gasteiger partial charge >= 0.3 is 5.97 Å². The van der Waals surface area contributed by atoms with Crippen LogP contribution in [0.5, 0.6) is 0 Å². The SMILES string of the molecule is C=C(C)[C@@H]1CC[C@]2(C(=O)NCc3cccc(C(=O)NC4(Cc5cccc(C(=O)OC)c5)CC4)c3)CC[C@]3(C)C(CCC4[C@@]5(C)CC[C@H](O)C(C)(C)C5CC[C@]43C)C12. The molecule has 4 unspecified atom stereocenters. The van der Waals surface area contributed by atoms with Gasteiger partial charge in [-0.25, -0.2) is 4.79 Å². The number of benzene rings is 2. The Bertz CT molecular complexity index is 1950. The molecule has 308 valence electrons.